The van der Waals surface area contributed by atoms with Gasteiger partial charge in [-0.05, 0) is 55.8 Å². The van der Waals surface area contributed by atoms with Crippen LogP contribution in [0.3, 0.4) is 0 Å². The van der Waals surface area contributed by atoms with Gasteiger partial charge < -0.3 is 15.0 Å². The highest BCUT2D eigenvalue weighted by Crippen LogP contribution is 2.25. The smallest absolute Gasteiger partial charge is 0.225 e. The molecule has 0 spiro atoms. The number of carbonyl (C=O) groups is 1. The number of hydrogen-bond donors (Lipinski definition) is 1. The second-order valence-corrected chi connectivity index (χ2v) is 7.01. The average Bonchev–Trinajstić information content (AvgIpc) is 2.60. The first-order valence-corrected chi connectivity index (χ1v) is 9.04. The zero-order valence-corrected chi connectivity index (χ0v) is 16.9. The Hall–Kier alpha value is -2.55. The highest BCUT2D eigenvalue weighted by Gasteiger charge is 2.10. The summed E-state index contributed by atoms with van der Waals surface area (Å²) in [5.41, 5.74) is 4.38. The van der Waals surface area contributed by atoms with Gasteiger partial charge in [0.15, 0.2) is 0 Å². The number of aryl methyl sites for hydroxylation is 2. The predicted octanol–water partition coefficient (Wildman–Crippen LogP) is 4.30. The van der Waals surface area contributed by atoms with Gasteiger partial charge in [-0.25, -0.2) is 0 Å². The van der Waals surface area contributed by atoms with Gasteiger partial charge in [0.2, 0.25) is 5.91 Å². The van der Waals surface area contributed by atoms with E-state index in [9.17, 15) is 4.79 Å². The van der Waals surface area contributed by atoms with E-state index in [-0.39, 0.29) is 5.91 Å². The molecule has 0 saturated heterocycles. The lowest BCUT2D eigenvalue weighted by Crippen LogP contribution is -2.24. The first-order chi connectivity index (χ1) is 12.8. The molecule has 142 valence electrons. The number of methoxy groups -OCH3 is 1. The molecule has 5 nitrogen and oxygen atoms in total. The largest absolute Gasteiger partial charge is 0.496 e. The number of nitriles is 1. The summed E-state index contributed by atoms with van der Waals surface area (Å²) in [5.74, 6) is 0.826. The summed E-state index contributed by atoms with van der Waals surface area (Å²) in [6, 6.07) is 11.1. The van der Waals surface area contributed by atoms with Gasteiger partial charge in [0, 0.05) is 25.2 Å². The maximum Gasteiger partial charge on any atom is 0.225 e. The first-order valence-electron chi connectivity index (χ1n) is 8.66. The van der Waals surface area contributed by atoms with Crippen LogP contribution in [0.1, 0.15) is 28.7 Å². The minimum absolute atomic E-state index is 0.0929. The maximum atomic E-state index is 12.2. The third-order valence-electron chi connectivity index (χ3n) is 4.27. The molecule has 0 aliphatic rings. The molecule has 27 heavy (non-hydrogen) atoms. The Bertz CT molecular complexity index is 851. The lowest BCUT2D eigenvalue weighted by Gasteiger charge is -2.18. The van der Waals surface area contributed by atoms with Crippen molar-refractivity contribution in [1.29, 1.82) is 5.26 Å². The van der Waals surface area contributed by atoms with Crippen molar-refractivity contribution in [2.24, 2.45) is 0 Å². The number of benzene rings is 2. The van der Waals surface area contributed by atoms with Crippen LogP contribution >= 0.6 is 11.6 Å². The van der Waals surface area contributed by atoms with Crippen molar-refractivity contribution < 1.29 is 9.53 Å². The monoisotopic (exact) mass is 385 g/mol. The van der Waals surface area contributed by atoms with Crippen LogP contribution in [0, 0.1) is 25.2 Å². The normalized spacial score (nSPS) is 10.6. The third-order valence-corrected chi connectivity index (χ3v) is 4.58. The molecule has 0 radical (unpaired) electrons. The summed E-state index contributed by atoms with van der Waals surface area (Å²) >= 11 is 5.99. The van der Waals surface area contributed by atoms with Gasteiger partial charge in [-0.2, -0.15) is 5.26 Å². The molecule has 0 bridgehead atoms. The first kappa shape index (κ1) is 20.8. The van der Waals surface area contributed by atoms with Crippen LogP contribution in [0.2, 0.25) is 5.02 Å². The summed E-state index contributed by atoms with van der Waals surface area (Å²) in [5, 5.41) is 12.0. The number of ether oxygens (including phenoxy) is 1. The van der Waals surface area contributed by atoms with Crippen LogP contribution in [-0.4, -0.2) is 31.5 Å². The molecule has 2 aromatic carbocycles. The van der Waals surface area contributed by atoms with E-state index in [4.69, 9.17) is 21.6 Å². The zero-order valence-electron chi connectivity index (χ0n) is 16.1. The van der Waals surface area contributed by atoms with Crippen molar-refractivity contribution in [3.8, 4) is 11.8 Å². The van der Waals surface area contributed by atoms with Gasteiger partial charge in [0.05, 0.1) is 17.7 Å². The van der Waals surface area contributed by atoms with Gasteiger partial charge in [0.1, 0.15) is 11.8 Å². The van der Waals surface area contributed by atoms with Crippen LogP contribution in [0.4, 0.5) is 5.69 Å². The Kier molecular flexibility index (Phi) is 7.23. The van der Waals surface area contributed by atoms with Crippen molar-refractivity contribution in [1.82, 2.24) is 4.90 Å². The molecule has 0 atom stereocenters. The van der Waals surface area contributed by atoms with E-state index < -0.39 is 0 Å². The number of rotatable bonds is 7. The van der Waals surface area contributed by atoms with Crippen molar-refractivity contribution in [2.45, 2.75) is 26.8 Å². The second-order valence-electron chi connectivity index (χ2n) is 6.61. The molecule has 6 heteroatoms. The van der Waals surface area contributed by atoms with E-state index >= 15 is 0 Å². The Morgan fingerprint density at radius 1 is 1.26 bits per heavy atom. The molecule has 0 heterocycles. The molecule has 2 rings (SSSR count). The lowest BCUT2D eigenvalue weighted by atomic mass is 10.1. The van der Waals surface area contributed by atoms with Crippen molar-refractivity contribution >= 4 is 23.2 Å². The molecule has 0 saturated carbocycles. The third kappa shape index (κ3) is 5.72. The number of nitrogens with one attached hydrogen (secondary N) is 1. The summed E-state index contributed by atoms with van der Waals surface area (Å²) in [6.45, 7) is 5.44. The van der Waals surface area contributed by atoms with E-state index in [0.717, 1.165) is 23.4 Å². The summed E-state index contributed by atoms with van der Waals surface area (Å²) in [4.78, 5) is 14.3. The number of nitrogens with zero attached hydrogens (tertiary/aromatic N) is 2. The summed E-state index contributed by atoms with van der Waals surface area (Å²) < 4.78 is 5.40. The molecule has 0 aromatic heterocycles. The summed E-state index contributed by atoms with van der Waals surface area (Å²) in [6.07, 6.45) is 0.363. The molecular formula is C21H24ClN3O2. The lowest BCUT2D eigenvalue weighted by molar-refractivity contribution is -0.116. The minimum Gasteiger partial charge on any atom is -0.496 e. The fraction of sp³-hybridized carbons (Fsp3) is 0.333. The molecule has 1 amide bonds. The van der Waals surface area contributed by atoms with Crippen LogP contribution in [0.25, 0.3) is 0 Å². The Balaban J connectivity index is 1.88. The fourth-order valence-electron chi connectivity index (χ4n) is 3.04. The topological polar surface area (TPSA) is 65.4 Å². The molecule has 1 N–H and O–H groups in total. The zero-order chi connectivity index (χ0) is 20.0. The van der Waals surface area contributed by atoms with E-state index in [1.165, 1.54) is 5.56 Å². The number of anilines is 1. The van der Waals surface area contributed by atoms with Crippen LogP contribution in [-0.2, 0) is 11.3 Å². The van der Waals surface area contributed by atoms with Crippen molar-refractivity contribution in [3.63, 3.8) is 0 Å². The molecular weight excluding hydrogens is 362 g/mol. The van der Waals surface area contributed by atoms with Gasteiger partial charge in [0.25, 0.3) is 0 Å². The standard InChI is InChI=1S/C21H24ClN3O2/c1-14-9-16(10-15(2)21(14)27-4)13-25(3)8-7-20(26)24-18-6-5-17(12-23)19(22)11-18/h5-6,9-11H,7-8,13H2,1-4H3,(H,24,26). The number of hydrogen-bond acceptors (Lipinski definition) is 4. The van der Waals surface area contributed by atoms with Crippen LogP contribution < -0.4 is 10.1 Å². The highest BCUT2D eigenvalue weighted by atomic mass is 35.5. The Morgan fingerprint density at radius 3 is 2.48 bits per heavy atom. The fourth-order valence-corrected chi connectivity index (χ4v) is 3.27. The number of amides is 1. The molecule has 0 aliphatic heterocycles. The van der Waals surface area contributed by atoms with E-state index in [1.807, 2.05) is 27.0 Å². The summed E-state index contributed by atoms with van der Waals surface area (Å²) in [7, 11) is 3.67. The van der Waals surface area contributed by atoms with Gasteiger partial charge in [-0.15, -0.1) is 0 Å². The number of carbonyl (C=O) groups excluding carboxylic acids is 1. The molecule has 0 fully saturated rings. The number of halogens is 1. The molecule has 0 aliphatic carbocycles. The minimum atomic E-state index is -0.0929. The Morgan fingerprint density at radius 2 is 1.93 bits per heavy atom. The van der Waals surface area contributed by atoms with Crippen LogP contribution in [0.15, 0.2) is 30.3 Å². The average molecular weight is 386 g/mol. The predicted molar refractivity (Wildman–Crippen MR) is 108 cm³/mol. The quantitative estimate of drug-likeness (QED) is 0.771. The van der Waals surface area contributed by atoms with E-state index in [0.29, 0.717) is 29.2 Å². The molecule has 0 unspecified atom stereocenters. The SMILES string of the molecule is COc1c(C)cc(CN(C)CCC(=O)Nc2ccc(C#N)c(Cl)c2)cc1C. The van der Waals surface area contributed by atoms with Crippen LogP contribution in [0.5, 0.6) is 5.75 Å². The van der Waals surface area contributed by atoms with E-state index in [1.54, 1.807) is 25.3 Å². The maximum absolute atomic E-state index is 12.2. The van der Waals surface area contributed by atoms with E-state index in [2.05, 4.69) is 22.3 Å². The second kappa shape index (κ2) is 9.40. The van der Waals surface area contributed by atoms with Gasteiger partial charge in [-0.1, -0.05) is 23.7 Å². The Labute approximate surface area is 165 Å². The molecule has 2 aromatic rings. The van der Waals surface area contributed by atoms with Crippen molar-refractivity contribution in [3.05, 3.63) is 57.6 Å². The van der Waals surface area contributed by atoms with Gasteiger partial charge in [-0.3, -0.25) is 4.79 Å². The van der Waals surface area contributed by atoms with Crippen molar-refractivity contribution in [2.75, 3.05) is 26.0 Å². The highest BCUT2D eigenvalue weighted by molar-refractivity contribution is 6.32. The van der Waals surface area contributed by atoms with Gasteiger partial charge >= 0.3 is 0 Å².